The maximum Gasteiger partial charge on any atom is 0.416 e. The molecule has 6 heteroatoms. The summed E-state index contributed by atoms with van der Waals surface area (Å²) >= 11 is 0. The van der Waals surface area contributed by atoms with Crippen molar-refractivity contribution >= 4 is 6.03 Å². The van der Waals surface area contributed by atoms with Gasteiger partial charge in [0.1, 0.15) is 0 Å². The number of benzene rings is 1. The molecule has 1 fully saturated rings. The van der Waals surface area contributed by atoms with Crippen LogP contribution in [0.25, 0.3) is 0 Å². The fraction of sp³-hybridized carbons (Fsp3) is 0.533. The van der Waals surface area contributed by atoms with Crippen molar-refractivity contribution < 1.29 is 18.0 Å². The molecule has 1 aromatic rings. The summed E-state index contributed by atoms with van der Waals surface area (Å²) in [4.78, 5) is 13.8. The SMILES string of the molecule is O=C(NCc1ccc(C(F)(F)F)cc1)N1CCCCCC1. The van der Waals surface area contributed by atoms with E-state index >= 15 is 0 Å². The summed E-state index contributed by atoms with van der Waals surface area (Å²) in [5, 5.41) is 2.76. The third-order valence-electron chi connectivity index (χ3n) is 3.62. The van der Waals surface area contributed by atoms with Crippen LogP contribution in [0, 0.1) is 0 Å². The van der Waals surface area contributed by atoms with Crippen molar-refractivity contribution in [2.24, 2.45) is 0 Å². The second-order valence-corrected chi connectivity index (χ2v) is 5.25. The monoisotopic (exact) mass is 300 g/mol. The van der Waals surface area contributed by atoms with Crippen molar-refractivity contribution in [3.05, 3.63) is 35.4 Å². The zero-order valence-electron chi connectivity index (χ0n) is 11.7. The van der Waals surface area contributed by atoms with Gasteiger partial charge in [-0.2, -0.15) is 13.2 Å². The third-order valence-corrected chi connectivity index (χ3v) is 3.62. The summed E-state index contributed by atoms with van der Waals surface area (Å²) < 4.78 is 37.3. The highest BCUT2D eigenvalue weighted by atomic mass is 19.4. The average Bonchev–Trinajstić information content (AvgIpc) is 2.73. The molecule has 2 rings (SSSR count). The van der Waals surface area contributed by atoms with Crippen molar-refractivity contribution in [2.75, 3.05) is 13.1 Å². The zero-order chi connectivity index (χ0) is 15.3. The van der Waals surface area contributed by atoms with Gasteiger partial charge in [0.25, 0.3) is 0 Å². The molecule has 21 heavy (non-hydrogen) atoms. The summed E-state index contributed by atoms with van der Waals surface area (Å²) in [7, 11) is 0. The first-order valence-electron chi connectivity index (χ1n) is 7.16. The summed E-state index contributed by atoms with van der Waals surface area (Å²) in [5.41, 5.74) is -0.0173. The smallest absolute Gasteiger partial charge is 0.334 e. The number of urea groups is 1. The topological polar surface area (TPSA) is 32.3 Å². The van der Waals surface area contributed by atoms with Crippen LogP contribution in [0.4, 0.5) is 18.0 Å². The van der Waals surface area contributed by atoms with Crippen molar-refractivity contribution in [1.82, 2.24) is 10.2 Å². The number of carbonyl (C=O) groups is 1. The Balaban J connectivity index is 1.86. The minimum atomic E-state index is -4.33. The van der Waals surface area contributed by atoms with E-state index in [4.69, 9.17) is 0 Å². The van der Waals surface area contributed by atoms with E-state index < -0.39 is 11.7 Å². The van der Waals surface area contributed by atoms with Gasteiger partial charge < -0.3 is 10.2 Å². The molecule has 0 atom stereocenters. The van der Waals surface area contributed by atoms with Crippen LogP contribution in [0.5, 0.6) is 0 Å². The zero-order valence-corrected chi connectivity index (χ0v) is 11.7. The molecular formula is C15H19F3N2O. The molecule has 0 saturated carbocycles. The Kier molecular flexibility index (Phi) is 5.09. The molecule has 3 nitrogen and oxygen atoms in total. The number of nitrogens with zero attached hydrogens (tertiary/aromatic N) is 1. The number of nitrogens with one attached hydrogen (secondary N) is 1. The Morgan fingerprint density at radius 3 is 2.14 bits per heavy atom. The van der Waals surface area contributed by atoms with Gasteiger partial charge >= 0.3 is 12.2 Å². The Bertz CT molecular complexity index is 463. The lowest BCUT2D eigenvalue weighted by atomic mass is 10.1. The van der Waals surface area contributed by atoms with E-state index in [2.05, 4.69) is 5.32 Å². The number of rotatable bonds is 2. The van der Waals surface area contributed by atoms with Gasteiger partial charge in [-0.25, -0.2) is 4.79 Å². The number of likely N-dealkylation sites (tertiary alicyclic amines) is 1. The molecule has 0 unspecified atom stereocenters. The van der Waals surface area contributed by atoms with Gasteiger partial charge in [-0.1, -0.05) is 25.0 Å². The molecule has 0 aliphatic carbocycles. The van der Waals surface area contributed by atoms with Crippen LogP contribution in [0.3, 0.4) is 0 Å². The van der Waals surface area contributed by atoms with E-state index in [1.54, 1.807) is 4.90 Å². The fourth-order valence-corrected chi connectivity index (χ4v) is 2.37. The van der Waals surface area contributed by atoms with E-state index in [9.17, 15) is 18.0 Å². The summed E-state index contributed by atoms with van der Waals surface area (Å²) in [6, 6.07) is 4.72. The second kappa shape index (κ2) is 6.83. The molecule has 1 saturated heterocycles. The number of halogens is 3. The Morgan fingerprint density at radius 1 is 1.05 bits per heavy atom. The van der Waals surface area contributed by atoms with Gasteiger partial charge in [0.05, 0.1) is 5.56 Å². The van der Waals surface area contributed by atoms with Gasteiger partial charge in [0, 0.05) is 19.6 Å². The molecule has 0 spiro atoms. The molecular weight excluding hydrogens is 281 g/mol. The standard InChI is InChI=1S/C15H19F3N2O/c16-15(17,18)13-7-5-12(6-8-13)11-19-14(21)20-9-3-1-2-4-10-20/h5-8H,1-4,9-11H2,(H,19,21). The van der Waals surface area contributed by atoms with Gasteiger partial charge in [0.2, 0.25) is 0 Å². The third kappa shape index (κ3) is 4.65. The first-order chi connectivity index (χ1) is 9.97. The lowest BCUT2D eigenvalue weighted by molar-refractivity contribution is -0.137. The highest BCUT2D eigenvalue weighted by Gasteiger charge is 2.29. The highest BCUT2D eigenvalue weighted by molar-refractivity contribution is 5.74. The van der Waals surface area contributed by atoms with Gasteiger partial charge in [-0.15, -0.1) is 0 Å². The summed E-state index contributed by atoms with van der Waals surface area (Å²) in [6.07, 6.45) is -0.0272. The van der Waals surface area contributed by atoms with Crippen LogP contribution >= 0.6 is 0 Å². The van der Waals surface area contributed by atoms with E-state index in [0.29, 0.717) is 5.56 Å². The van der Waals surface area contributed by atoms with Crippen molar-refractivity contribution in [2.45, 2.75) is 38.4 Å². The average molecular weight is 300 g/mol. The lowest BCUT2D eigenvalue weighted by Gasteiger charge is -2.20. The molecule has 116 valence electrons. The van der Waals surface area contributed by atoms with E-state index in [-0.39, 0.29) is 12.6 Å². The molecule has 1 heterocycles. The van der Waals surface area contributed by atoms with Crippen LogP contribution in [-0.2, 0) is 12.7 Å². The van der Waals surface area contributed by atoms with Crippen molar-refractivity contribution in [1.29, 1.82) is 0 Å². The molecule has 1 aromatic carbocycles. The Labute approximate surface area is 122 Å². The van der Waals surface area contributed by atoms with Crippen LogP contribution in [0.15, 0.2) is 24.3 Å². The normalized spacial score (nSPS) is 16.4. The highest BCUT2D eigenvalue weighted by Crippen LogP contribution is 2.29. The number of carbonyl (C=O) groups excluding carboxylic acids is 1. The largest absolute Gasteiger partial charge is 0.416 e. The van der Waals surface area contributed by atoms with Crippen molar-refractivity contribution in [3.63, 3.8) is 0 Å². The fourth-order valence-electron chi connectivity index (χ4n) is 2.37. The molecule has 1 aliphatic heterocycles. The molecule has 2 amide bonds. The van der Waals surface area contributed by atoms with Gasteiger partial charge in [-0.3, -0.25) is 0 Å². The first kappa shape index (κ1) is 15.7. The molecule has 0 radical (unpaired) electrons. The predicted molar refractivity (Wildman–Crippen MR) is 73.7 cm³/mol. The number of amides is 2. The van der Waals surface area contributed by atoms with Crippen LogP contribution in [0.1, 0.15) is 36.8 Å². The Hall–Kier alpha value is -1.72. The molecule has 1 aliphatic rings. The van der Waals surface area contributed by atoms with Crippen molar-refractivity contribution in [3.8, 4) is 0 Å². The Morgan fingerprint density at radius 2 is 1.62 bits per heavy atom. The quantitative estimate of drug-likeness (QED) is 0.885. The number of hydrogen-bond acceptors (Lipinski definition) is 1. The first-order valence-corrected chi connectivity index (χ1v) is 7.16. The molecule has 0 bridgehead atoms. The second-order valence-electron chi connectivity index (χ2n) is 5.25. The van der Waals surface area contributed by atoms with Gasteiger partial charge in [0.15, 0.2) is 0 Å². The van der Waals surface area contributed by atoms with Gasteiger partial charge in [-0.05, 0) is 30.5 Å². The van der Waals surface area contributed by atoms with Crippen LogP contribution in [0.2, 0.25) is 0 Å². The minimum absolute atomic E-state index is 0.142. The molecule has 0 aromatic heterocycles. The maximum absolute atomic E-state index is 12.4. The summed E-state index contributed by atoms with van der Waals surface area (Å²) in [6.45, 7) is 1.74. The summed E-state index contributed by atoms with van der Waals surface area (Å²) in [5.74, 6) is 0. The van der Waals surface area contributed by atoms with E-state index in [1.807, 2.05) is 0 Å². The number of alkyl halides is 3. The van der Waals surface area contributed by atoms with Crippen LogP contribution < -0.4 is 5.32 Å². The molecule has 1 N–H and O–H groups in total. The van der Waals surface area contributed by atoms with E-state index in [0.717, 1.165) is 50.9 Å². The maximum atomic E-state index is 12.4. The van der Waals surface area contributed by atoms with E-state index in [1.165, 1.54) is 12.1 Å². The number of hydrogen-bond donors (Lipinski definition) is 1. The lowest BCUT2D eigenvalue weighted by Crippen LogP contribution is -2.40. The minimum Gasteiger partial charge on any atom is -0.334 e. The van der Waals surface area contributed by atoms with Crippen LogP contribution in [-0.4, -0.2) is 24.0 Å². The predicted octanol–water partition coefficient (Wildman–Crippen LogP) is 3.79.